The third-order valence-corrected chi connectivity index (χ3v) is 6.89. The molecule has 0 radical (unpaired) electrons. The van der Waals surface area contributed by atoms with E-state index in [1.54, 1.807) is 0 Å². The lowest BCUT2D eigenvalue weighted by atomic mass is 10.1. The van der Waals surface area contributed by atoms with Crippen molar-refractivity contribution in [3.63, 3.8) is 0 Å². The summed E-state index contributed by atoms with van der Waals surface area (Å²) in [7, 11) is 0. The Hall–Kier alpha value is -3.69. The summed E-state index contributed by atoms with van der Waals surface area (Å²) in [5.41, 5.74) is 4.99. The van der Waals surface area contributed by atoms with E-state index in [0.29, 0.717) is 18.5 Å². The van der Waals surface area contributed by atoms with Gasteiger partial charge in [0.25, 0.3) is 0 Å². The highest BCUT2D eigenvalue weighted by Crippen LogP contribution is 2.28. The summed E-state index contributed by atoms with van der Waals surface area (Å²) < 4.78 is 7.68. The molecule has 3 N–H and O–H groups in total. The van der Waals surface area contributed by atoms with Crippen LogP contribution in [0, 0.1) is 0 Å². The van der Waals surface area contributed by atoms with Gasteiger partial charge in [0, 0.05) is 43.6 Å². The molecule has 0 amide bonds. The Morgan fingerprint density at radius 2 is 1.83 bits per heavy atom. The average Bonchev–Trinajstić information content (AvgIpc) is 3.38. The molecule has 0 bridgehead atoms. The van der Waals surface area contributed by atoms with Gasteiger partial charge in [0.15, 0.2) is 17.0 Å². The predicted octanol–water partition coefficient (Wildman–Crippen LogP) is 3.94. The molecular weight excluding hydrogens is 452 g/mol. The van der Waals surface area contributed by atoms with Gasteiger partial charge in [-0.2, -0.15) is 9.97 Å². The van der Waals surface area contributed by atoms with Crippen molar-refractivity contribution in [2.45, 2.75) is 25.4 Å². The van der Waals surface area contributed by atoms with E-state index in [0.717, 1.165) is 74.9 Å². The van der Waals surface area contributed by atoms with Gasteiger partial charge in [0.05, 0.1) is 19.5 Å². The van der Waals surface area contributed by atoms with Crippen molar-refractivity contribution in [1.29, 1.82) is 0 Å². The molecule has 186 valence electrons. The van der Waals surface area contributed by atoms with E-state index in [4.69, 9.17) is 19.7 Å². The second-order valence-corrected chi connectivity index (χ2v) is 9.33. The van der Waals surface area contributed by atoms with Gasteiger partial charge in [0.1, 0.15) is 0 Å². The van der Waals surface area contributed by atoms with Crippen molar-refractivity contribution in [1.82, 2.24) is 24.8 Å². The molecule has 2 fully saturated rings. The maximum atomic E-state index is 5.48. The molecule has 0 unspecified atom stereocenters. The Bertz CT molecular complexity index is 1280. The number of piperidine rings is 1. The van der Waals surface area contributed by atoms with E-state index in [9.17, 15) is 0 Å². The molecule has 2 saturated heterocycles. The second-order valence-electron chi connectivity index (χ2n) is 9.33. The number of hydrogen-bond acceptors (Lipinski definition) is 8. The SMILES string of the molecule is c1ccc(CNc2nc(Nc3ccc(N4CCOCC4)cc3)nc3c2ncn3[C@H]2CCCNC2)cc1. The normalized spacial score (nSPS) is 18.3. The zero-order chi connectivity index (χ0) is 24.2. The number of hydrogen-bond donors (Lipinski definition) is 3. The van der Waals surface area contributed by atoms with Gasteiger partial charge in [-0.1, -0.05) is 30.3 Å². The largest absolute Gasteiger partial charge is 0.378 e. The Kier molecular flexibility index (Phi) is 6.64. The van der Waals surface area contributed by atoms with Crippen LogP contribution < -0.4 is 20.9 Å². The fraction of sp³-hybridized carbons (Fsp3) is 0.370. The molecule has 2 aromatic heterocycles. The number of rotatable bonds is 7. The molecule has 1 atom stereocenters. The number of nitrogens with zero attached hydrogens (tertiary/aromatic N) is 5. The molecule has 0 aliphatic carbocycles. The molecule has 0 spiro atoms. The number of anilines is 4. The Labute approximate surface area is 210 Å². The van der Waals surface area contributed by atoms with E-state index in [1.807, 2.05) is 24.5 Å². The molecule has 9 heteroatoms. The minimum Gasteiger partial charge on any atom is -0.378 e. The van der Waals surface area contributed by atoms with Gasteiger partial charge in [0.2, 0.25) is 5.95 Å². The lowest BCUT2D eigenvalue weighted by Crippen LogP contribution is -2.36. The molecule has 36 heavy (non-hydrogen) atoms. The molecular formula is C27H32N8O. The maximum absolute atomic E-state index is 5.48. The van der Waals surface area contributed by atoms with Crippen LogP contribution in [0.5, 0.6) is 0 Å². The standard InChI is InChI=1S/C27H32N8O/c1-2-5-20(6-3-1)17-29-25-24-26(35(19-30-24)23-7-4-12-28-18-23)33-27(32-25)31-21-8-10-22(11-9-21)34-13-15-36-16-14-34/h1-3,5-6,8-11,19,23,28H,4,7,12-18H2,(H2,29,31,32,33)/t23-/m0/s1. The molecule has 2 aliphatic heterocycles. The van der Waals surface area contributed by atoms with Gasteiger partial charge in [-0.3, -0.25) is 0 Å². The van der Waals surface area contributed by atoms with Crippen LogP contribution in [0.2, 0.25) is 0 Å². The topological polar surface area (TPSA) is 92.2 Å². The highest BCUT2D eigenvalue weighted by Gasteiger charge is 2.21. The van der Waals surface area contributed by atoms with Gasteiger partial charge in [-0.05, 0) is 49.2 Å². The van der Waals surface area contributed by atoms with Crippen molar-refractivity contribution in [2.24, 2.45) is 0 Å². The van der Waals surface area contributed by atoms with Crippen LogP contribution in [-0.4, -0.2) is 58.9 Å². The first-order valence-corrected chi connectivity index (χ1v) is 12.8. The summed E-state index contributed by atoms with van der Waals surface area (Å²) in [6.07, 6.45) is 4.17. The minimum atomic E-state index is 0.335. The minimum absolute atomic E-state index is 0.335. The fourth-order valence-electron chi connectivity index (χ4n) is 4.92. The summed E-state index contributed by atoms with van der Waals surface area (Å²) in [5, 5.41) is 10.4. The van der Waals surface area contributed by atoms with Crippen LogP contribution in [0.4, 0.5) is 23.1 Å². The Morgan fingerprint density at radius 3 is 2.61 bits per heavy atom. The lowest BCUT2D eigenvalue weighted by molar-refractivity contribution is 0.122. The third kappa shape index (κ3) is 4.98. The van der Waals surface area contributed by atoms with Crippen molar-refractivity contribution < 1.29 is 4.74 Å². The zero-order valence-corrected chi connectivity index (χ0v) is 20.4. The predicted molar refractivity (Wildman–Crippen MR) is 143 cm³/mol. The number of nitrogens with one attached hydrogen (secondary N) is 3. The summed E-state index contributed by atoms with van der Waals surface area (Å²) >= 11 is 0. The van der Waals surface area contributed by atoms with Gasteiger partial charge < -0.3 is 30.2 Å². The highest BCUT2D eigenvalue weighted by atomic mass is 16.5. The third-order valence-electron chi connectivity index (χ3n) is 6.89. The Balaban J connectivity index is 1.29. The van der Waals surface area contributed by atoms with Crippen LogP contribution >= 0.6 is 0 Å². The van der Waals surface area contributed by atoms with Crippen molar-refractivity contribution >= 4 is 34.3 Å². The van der Waals surface area contributed by atoms with E-state index in [1.165, 1.54) is 11.3 Å². The van der Waals surface area contributed by atoms with E-state index < -0.39 is 0 Å². The van der Waals surface area contributed by atoms with Crippen LogP contribution in [0.15, 0.2) is 60.9 Å². The first kappa shape index (κ1) is 22.8. The quantitative estimate of drug-likeness (QED) is 0.363. The fourth-order valence-corrected chi connectivity index (χ4v) is 4.92. The molecule has 4 aromatic rings. The van der Waals surface area contributed by atoms with E-state index in [-0.39, 0.29) is 0 Å². The second kappa shape index (κ2) is 10.5. The van der Waals surface area contributed by atoms with Crippen LogP contribution in [-0.2, 0) is 11.3 Å². The zero-order valence-electron chi connectivity index (χ0n) is 20.4. The van der Waals surface area contributed by atoms with Crippen molar-refractivity contribution in [2.75, 3.05) is 54.9 Å². The first-order chi connectivity index (χ1) is 17.8. The van der Waals surface area contributed by atoms with E-state index in [2.05, 4.69) is 61.8 Å². The molecule has 4 heterocycles. The summed E-state index contributed by atoms with van der Waals surface area (Å²) in [6.45, 7) is 6.04. The van der Waals surface area contributed by atoms with Gasteiger partial charge >= 0.3 is 0 Å². The number of aromatic nitrogens is 4. The summed E-state index contributed by atoms with van der Waals surface area (Å²) in [6, 6.07) is 19.1. The Morgan fingerprint density at radius 1 is 1.00 bits per heavy atom. The molecule has 6 rings (SSSR count). The number of benzene rings is 2. The van der Waals surface area contributed by atoms with Crippen molar-refractivity contribution in [3.05, 3.63) is 66.5 Å². The van der Waals surface area contributed by atoms with Crippen LogP contribution in [0.25, 0.3) is 11.2 Å². The summed E-state index contributed by atoms with van der Waals surface area (Å²) in [4.78, 5) is 16.8. The van der Waals surface area contributed by atoms with Gasteiger partial charge in [-0.25, -0.2) is 4.98 Å². The highest BCUT2D eigenvalue weighted by molar-refractivity contribution is 5.85. The summed E-state index contributed by atoms with van der Waals surface area (Å²) in [5.74, 6) is 1.29. The van der Waals surface area contributed by atoms with Gasteiger partial charge in [-0.15, -0.1) is 0 Å². The van der Waals surface area contributed by atoms with Crippen LogP contribution in [0.3, 0.4) is 0 Å². The van der Waals surface area contributed by atoms with E-state index >= 15 is 0 Å². The number of ether oxygens (including phenoxy) is 1. The monoisotopic (exact) mass is 484 g/mol. The average molecular weight is 485 g/mol. The number of fused-ring (bicyclic) bond motifs is 1. The van der Waals surface area contributed by atoms with Crippen LogP contribution in [0.1, 0.15) is 24.4 Å². The van der Waals surface area contributed by atoms with Crippen molar-refractivity contribution in [3.8, 4) is 0 Å². The lowest BCUT2D eigenvalue weighted by Gasteiger charge is -2.28. The molecule has 0 saturated carbocycles. The molecule has 9 nitrogen and oxygen atoms in total. The maximum Gasteiger partial charge on any atom is 0.231 e. The number of morpholine rings is 1. The number of imidazole rings is 1. The molecule has 2 aliphatic rings. The smallest absolute Gasteiger partial charge is 0.231 e. The molecule has 2 aromatic carbocycles. The first-order valence-electron chi connectivity index (χ1n) is 12.8.